The Morgan fingerprint density at radius 3 is 2.44 bits per heavy atom. The highest BCUT2D eigenvalue weighted by molar-refractivity contribution is 5.72. The van der Waals surface area contributed by atoms with Crippen LogP contribution in [-0.2, 0) is 23.9 Å². The second-order valence-electron chi connectivity index (χ2n) is 3.51. The van der Waals surface area contributed by atoms with E-state index in [0.29, 0.717) is 0 Å². The third kappa shape index (κ3) is 2.78. The zero-order chi connectivity index (χ0) is 13.9. The van der Waals surface area contributed by atoms with Crippen molar-refractivity contribution >= 4 is 5.97 Å². The maximum Gasteiger partial charge on any atom is 0.416 e. The molecular formula is C11H9F3N2O2. The number of nitriles is 1. The molecule has 0 unspecified atom stereocenters. The summed E-state index contributed by atoms with van der Waals surface area (Å²) >= 11 is 0. The van der Waals surface area contributed by atoms with Crippen LogP contribution in [0.5, 0.6) is 0 Å². The third-order valence-corrected chi connectivity index (χ3v) is 2.36. The Kier molecular flexibility index (Phi) is 3.93. The summed E-state index contributed by atoms with van der Waals surface area (Å²) in [5.74, 6) is -1.44. The van der Waals surface area contributed by atoms with E-state index in [1.807, 2.05) is 0 Å². The zero-order valence-corrected chi connectivity index (χ0v) is 9.08. The van der Waals surface area contributed by atoms with Crippen LogP contribution in [0, 0.1) is 11.3 Å². The monoisotopic (exact) mass is 258 g/mol. The van der Waals surface area contributed by atoms with Gasteiger partial charge in [0.15, 0.2) is 0 Å². The summed E-state index contributed by atoms with van der Waals surface area (Å²) in [6.07, 6.45) is -5.57. The molecule has 3 N–H and O–H groups in total. The second-order valence-corrected chi connectivity index (χ2v) is 3.51. The number of carbonyl (C=O) groups is 1. The first kappa shape index (κ1) is 14.0. The fourth-order valence-electron chi connectivity index (χ4n) is 1.61. The van der Waals surface area contributed by atoms with Gasteiger partial charge in [0.1, 0.15) is 0 Å². The van der Waals surface area contributed by atoms with E-state index in [2.05, 4.69) is 0 Å². The van der Waals surface area contributed by atoms with Gasteiger partial charge in [0, 0.05) is 6.54 Å². The Balaban J connectivity index is 3.55. The van der Waals surface area contributed by atoms with Crippen LogP contribution in [0.25, 0.3) is 0 Å². The quantitative estimate of drug-likeness (QED) is 0.863. The number of hydrogen-bond donors (Lipinski definition) is 2. The number of halogens is 3. The molecule has 0 atom stereocenters. The highest BCUT2D eigenvalue weighted by Crippen LogP contribution is 2.34. The molecule has 96 valence electrons. The van der Waals surface area contributed by atoms with Gasteiger partial charge in [0.25, 0.3) is 0 Å². The summed E-state index contributed by atoms with van der Waals surface area (Å²) in [7, 11) is 0. The molecule has 4 nitrogen and oxygen atoms in total. The summed E-state index contributed by atoms with van der Waals surface area (Å²) in [5.41, 5.74) is 3.54. The molecule has 0 saturated heterocycles. The number of carboxylic acids is 1. The van der Waals surface area contributed by atoms with Crippen LogP contribution in [0.1, 0.15) is 22.3 Å². The van der Waals surface area contributed by atoms with E-state index in [0.717, 1.165) is 12.1 Å². The lowest BCUT2D eigenvalue weighted by Crippen LogP contribution is -2.16. The Labute approximate surface area is 100 Å². The lowest BCUT2D eigenvalue weighted by atomic mass is 9.94. The van der Waals surface area contributed by atoms with Crippen LogP contribution in [-0.4, -0.2) is 11.1 Å². The fraction of sp³-hybridized carbons (Fsp3) is 0.273. The summed E-state index contributed by atoms with van der Waals surface area (Å²) in [6.45, 7) is -0.131. The lowest BCUT2D eigenvalue weighted by molar-refractivity contribution is -0.139. The molecule has 1 aromatic carbocycles. The number of rotatable bonds is 3. The Bertz CT molecular complexity index is 518. The normalized spacial score (nSPS) is 11.1. The molecule has 7 heteroatoms. The predicted octanol–water partition coefficient (Wildman–Crippen LogP) is 1.66. The van der Waals surface area contributed by atoms with E-state index in [9.17, 15) is 18.0 Å². The Hall–Kier alpha value is -2.07. The zero-order valence-electron chi connectivity index (χ0n) is 9.08. The maximum atomic E-state index is 12.7. The van der Waals surface area contributed by atoms with Gasteiger partial charge in [0.2, 0.25) is 0 Å². The number of alkyl halides is 3. The van der Waals surface area contributed by atoms with Crippen molar-refractivity contribution in [2.45, 2.75) is 19.1 Å². The number of carboxylic acid groups (broad SMARTS) is 1. The highest BCUT2D eigenvalue weighted by Gasteiger charge is 2.35. The van der Waals surface area contributed by atoms with Crippen molar-refractivity contribution in [2.24, 2.45) is 5.73 Å². The minimum Gasteiger partial charge on any atom is -0.481 e. The van der Waals surface area contributed by atoms with E-state index < -0.39 is 29.7 Å². The number of aliphatic carboxylic acids is 1. The standard InChI is InChI=1S/C11H9F3N2O2/c12-11(13,14)9-2-1-6(4-15)8(5-16)7(9)3-10(17)18/h1-2H,3-4,15H2,(H,17,18). The van der Waals surface area contributed by atoms with Crippen molar-refractivity contribution in [1.82, 2.24) is 0 Å². The third-order valence-electron chi connectivity index (χ3n) is 2.36. The fourth-order valence-corrected chi connectivity index (χ4v) is 1.61. The molecule has 0 aliphatic carbocycles. The first-order chi connectivity index (χ1) is 8.31. The van der Waals surface area contributed by atoms with Gasteiger partial charge in [-0.2, -0.15) is 18.4 Å². The molecule has 0 bridgehead atoms. The molecular weight excluding hydrogens is 249 g/mol. The van der Waals surface area contributed by atoms with Crippen LogP contribution in [0.3, 0.4) is 0 Å². The van der Waals surface area contributed by atoms with Crippen molar-refractivity contribution in [3.05, 3.63) is 34.4 Å². The number of hydrogen-bond acceptors (Lipinski definition) is 3. The minimum atomic E-state index is -4.70. The summed E-state index contributed by atoms with van der Waals surface area (Å²) in [5, 5.41) is 17.5. The van der Waals surface area contributed by atoms with Gasteiger partial charge >= 0.3 is 12.1 Å². The number of benzene rings is 1. The first-order valence-electron chi connectivity index (χ1n) is 4.85. The van der Waals surface area contributed by atoms with Crippen LogP contribution >= 0.6 is 0 Å². The number of nitrogens with zero attached hydrogens (tertiary/aromatic N) is 1. The lowest BCUT2D eigenvalue weighted by Gasteiger charge is -2.15. The predicted molar refractivity (Wildman–Crippen MR) is 55.4 cm³/mol. The average molecular weight is 258 g/mol. The first-order valence-corrected chi connectivity index (χ1v) is 4.85. The van der Waals surface area contributed by atoms with E-state index >= 15 is 0 Å². The highest BCUT2D eigenvalue weighted by atomic mass is 19.4. The molecule has 0 fully saturated rings. The van der Waals surface area contributed by atoms with Crippen molar-refractivity contribution in [1.29, 1.82) is 5.26 Å². The van der Waals surface area contributed by atoms with Gasteiger partial charge in [-0.3, -0.25) is 4.79 Å². The minimum absolute atomic E-state index is 0.131. The molecule has 0 heterocycles. The van der Waals surface area contributed by atoms with E-state index in [1.165, 1.54) is 0 Å². The molecule has 0 radical (unpaired) electrons. The molecule has 0 aromatic heterocycles. The van der Waals surface area contributed by atoms with Gasteiger partial charge in [-0.25, -0.2) is 0 Å². The molecule has 0 aliphatic heterocycles. The van der Waals surface area contributed by atoms with Gasteiger partial charge in [0.05, 0.1) is 23.6 Å². The van der Waals surface area contributed by atoms with Crippen LogP contribution in [0.15, 0.2) is 12.1 Å². The molecule has 0 spiro atoms. The maximum absolute atomic E-state index is 12.7. The molecule has 18 heavy (non-hydrogen) atoms. The Morgan fingerprint density at radius 2 is 2.06 bits per heavy atom. The second kappa shape index (κ2) is 5.06. The van der Waals surface area contributed by atoms with Crippen LogP contribution < -0.4 is 5.73 Å². The van der Waals surface area contributed by atoms with Crippen molar-refractivity contribution in [3.63, 3.8) is 0 Å². The van der Waals surface area contributed by atoms with Crippen molar-refractivity contribution in [2.75, 3.05) is 0 Å². The SMILES string of the molecule is N#Cc1c(CN)ccc(C(F)(F)F)c1CC(=O)O. The van der Waals surface area contributed by atoms with Crippen molar-refractivity contribution < 1.29 is 23.1 Å². The van der Waals surface area contributed by atoms with E-state index in [1.54, 1.807) is 6.07 Å². The smallest absolute Gasteiger partial charge is 0.416 e. The van der Waals surface area contributed by atoms with Crippen LogP contribution in [0.4, 0.5) is 13.2 Å². The number of nitrogens with two attached hydrogens (primary N) is 1. The average Bonchev–Trinajstić information content (AvgIpc) is 2.25. The van der Waals surface area contributed by atoms with Crippen molar-refractivity contribution in [3.8, 4) is 6.07 Å². The van der Waals surface area contributed by atoms with Crippen LogP contribution in [0.2, 0.25) is 0 Å². The van der Waals surface area contributed by atoms with E-state index in [-0.39, 0.29) is 17.7 Å². The van der Waals surface area contributed by atoms with Gasteiger partial charge in [-0.15, -0.1) is 0 Å². The summed E-state index contributed by atoms with van der Waals surface area (Å²) in [6, 6.07) is 3.43. The molecule has 1 aromatic rings. The summed E-state index contributed by atoms with van der Waals surface area (Å²) in [4.78, 5) is 10.6. The topological polar surface area (TPSA) is 87.1 Å². The molecule has 1 rings (SSSR count). The van der Waals surface area contributed by atoms with E-state index in [4.69, 9.17) is 16.1 Å². The Morgan fingerprint density at radius 1 is 1.44 bits per heavy atom. The largest absolute Gasteiger partial charge is 0.481 e. The van der Waals surface area contributed by atoms with Gasteiger partial charge in [-0.05, 0) is 17.2 Å². The summed E-state index contributed by atoms with van der Waals surface area (Å²) < 4.78 is 38.2. The van der Waals surface area contributed by atoms with Gasteiger partial charge < -0.3 is 10.8 Å². The molecule has 0 amide bonds. The molecule has 0 aliphatic rings. The molecule has 0 saturated carbocycles. The van der Waals surface area contributed by atoms with Gasteiger partial charge in [-0.1, -0.05) is 6.07 Å².